The Kier molecular flexibility index (Phi) is 4.96. The van der Waals surface area contributed by atoms with Crippen LogP contribution >= 0.6 is 0 Å². The maximum Gasteiger partial charge on any atom is 0.311 e. The second kappa shape index (κ2) is 6.63. The minimum absolute atomic E-state index is 0.0358. The van der Waals surface area contributed by atoms with Gasteiger partial charge in [-0.15, -0.1) is 0 Å². The highest BCUT2D eigenvalue weighted by Crippen LogP contribution is 2.27. The van der Waals surface area contributed by atoms with Gasteiger partial charge in [0.25, 0.3) is 5.91 Å². The molecule has 1 aromatic rings. The van der Waals surface area contributed by atoms with Crippen LogP contribution in [0.2, 0.25) is 0 Å². The minimum atomic E-state index is -0.543. The molecule has 0 aliphatic carbocycles. The first-order valence-corrected chi connectivity index (χ1v) is 8.00. The van der Waals surface area contributed by atoms with Gasteiger partial charge in [0.05, 0.1) is 5.92 Å². The first-order chi connectivity index (χ1) is 11.1. The van der Waals surface area contributed by atoms with Crippen LogP contribution in [0.25, 0.3) is 0 Å². The molecule has 130 valence electrons. The summed E-state index contributed by atoms with van der Waals surface area (Å²) in [7, 11) is 0. The largest absolute Gasteiger partial charge is 0.460 e. The molecule has 1 fully saturated rings. The van der Waals surface area contributed by atoms with Gasteiger partial charge < -0.3 is 15.4 Å². The molecule has 0 saturated carbocycles. The van der Waals surface area contributed by atoms with E-state index in [1.54, 1.807) is 17.0 Å². The van der Waals surface area contributed by atoms with Crippen LogP contribution in [-0.2, 0) is 9.53 Å². The molecule has 1 saturated heterocycles. The average molecular weight is 332 g/mol. The van der Waals surface area contributed by atoms with E-state index >= 15 is 0 Å². The van der Waals surface area contributed by atoms with Crippen molar-refractivity contribution in [3.05, 3.63) is 35.4 Å². The summed E-state index contributed by atoms with van der Waals surface area (Å²) in [6.45, 7) is 8.26. The number of primary amides is 1. The van der Waals surface area contributed by atoms with Gasteiger partial charge in [-0.1, -0.05) is 6.92 Å². The van der Waals surface area contributed by atoms with E-state index in [2.05, 4.69) is 0 Å². The van der Waals surface area contributed by atoms with Crippen molar-refractivity contribution in [3.63, 3.8) is 0 Å². The maximum absolute atomic E-state index is 12.6. The highest BCUT2D eigenvalue weighted by molar-refractivity contribution is 5.97. The highest BCUT2D eigenvalue weighted by Gasteiger charge is 2.39. The van der Waals surface area contributed by atoms with Crippen molar-refractivity contribution in [3.8, 4) is 0 Å². The lowest BCUT2D eigenvalue weighted by molar-refractivity contribution is -0.160. The molecule has 1 heterocycles. The average Bonchev–Trinajstić information content (AvgIpc) is 2.87. The number of likely N-dealkylation sites (tertiary alicyclic amines) is 1. The van der Waals surface area contributed by atoms with Gasteiger partial charge in [-0.2, -0.15) is 0 Å². The van der Waals surface area contributed by atoms with Crippen molar-refractivity contribution in [2.75, 3.05) is 13.1 Å². The Balaban J connectivity index is 2.07. The highest BCUT2D eigenvalue weighted by atomic mass is 16.6. The number of carbonyl (C=O) groups is 3. The summed E-state index contributed by atoms with van der Waals surface area (Å²) < 4.78 is 5.44. The predicted octanol–water partition coefficient (Wildman–Crippen LogP) is 1.84. The Morgan fingerprint density at radius 1 is 1.08 bits per heavy atom. The Hall–Kier alpha value is -2.37. The van der Waals surface area contributed by atoms with E-state index in [-0.39, 0.29) is 23.7 Å². The van der Waals surface area contributed by atoms with Crippen LogP contribution in [-0.4, -0.2) is 41.4 Å². The van der Waals surface area contributed by atoms with Crippen molar-refractivity contribution >= 4 is 17.8 Å². The smallest absolute Gasteiger partial charge is 0.311 e. The molecular formula is C18H24N2O4. The summed E-state index contributed by atoms with van der Waals surface area (Å²) in [6, 6.07) is 6.21. The molecular weight excluding hydrogens is 308 g/mol. The molecule has 2 amide bonds. The van der Waals surface area contributed by atoms with Gasteiger partial charge in [0.1, 0.15) is 5.60 Å². The molecule has 1 aliphatic rings. The van der Waals surface area contributed by atoms with Crippen molar-refractivity contribution < 1.29 is 19.1 Å². The van der Waals surface area contributed by atoms with Gasteiger partial charge >= 0.3 is 5.97 Å². The summed E-state index contributed by atoms with van der Waals surface area (Å²) in [4.78, 5) is 37.6. The second-order valence-electron chi connectivity index (χ2n) is 7.27. The second-order valence-corrected chi connectivity index (χ2v) is 7.27. The Bertz CT molecular complexity index is 646. The lowest BCUT2D eigenvalue weighted by Gasteiger charge is -2.23. The molecule has 24 heavy (non-hydrogen) atoms. The zero-order chi connectivity index (χ0) is 18.1. The van der Waals surface area contributed by atoms with Gasteiger partial charge in [-0.3, -0.25) is 14.4 Å². The molecule has 0 radical (unpaired) electrons. The quantitative estimate of drug-likeness (QED) is 0.855. The van der Waals surface area contributed by atoms with Crippen molar-refractivity contribution in [2.45, 2.75) is 33.3 Å². The number of nitrogens with zero attached hydrogens (tertiary/aromatic N) is 1. The van der Waals surface area contributed by atoms with Crippen LogP contribution in [0, 0.1) is 11.8 Å². The number of esters is 1. The van der Waals surface area contributed by atoms with E-state index in [0.717, 1.165) is 0 Å². The van der Waals surface area contributed by atoms with Crippen LogP contribution < -0.4 is 5.73 Å². The molecule has 1 aliphatic heterocycles. The van der Waals surface area contributed by atoms with Crippen LogP contribution in [0.15, 0.2) is 24.3 Å². The van der Waals surface area contributed by atoms with Crippen molar-refractivity contribution in [1.29, 1.82) is 0 Å². The fraction of sp³-hybridized carbons (Fsp3) is 0.500. The number of carbonyl (C=O) groups excluding carboxylic acids is 3. The van der Waals surface area contributed by atoms with Gasteiger partial charge in [-0.25, -0.2) is 0 Å². The van der Waals surface area contributed by atoms with E-state index in [4.69, 9.17) is 10.5 Å². The number of nitrogens with two attached hydrogens (primary N) is 1. The zero-order valence-electron chi connectivity index (χ0n) is 14.5. The Morgan fingerprint density at radius 3 is 2.12 bits per heavy atom. The van der Waals surface area contributed by atoms with Gasteiger partial charge in [0.2, 0.25) is 5.91 Å². The predicted molar refractivity (Wildman–Crippen MR) is 89.4 cm³/mol. The standard InChI is InChI=1S/C18H24N2O4/c1-11-9-20(10-14(11)17(23)24-18(2,3)4)16(22)13-7-5-12(6-8-13)15(19)21/h5-8,11,14H,9-10H2,1-4H3,(H2,19,21)/t11-,14-/m0/s1. The number of benzene rings is 1. The molecule has 0 bridgehead atoms. The Morgan fingerprint density at radius 2 is 1.62 bits per heavy atom. The number of hydrogen-bond donors (Lipinski definition) is 1. The summed E-state index contributed by atoms with van der Waals surface area (Å²) in [5.41, 5.74) is 5.48. The number of rotatable bonds is 3. The summed E-state index contributed by atoms with van der Waals surface area (Å²) >= 11 is 0. The van der Waals surface area contributed by atoms with E-state index in [1.165, 1.54) is 12.1 Å². The van der Waals surface area contributed by atoms with Gasteiger partial charge in [0.15, 0.2) is 0 Å². The lowest BCUT2D eigenvalue weighted by atomic mass is 9.98. The topological polar surface area (TPSA) is 89.7 Å². The summed E-state index contributed by atoms with van der Waals surface area (Å²) in [5, 5.41) is 0. The zero-order valence-corrected chi connectivity index (χ0v) is 14.5. The van der Waals surface area contributed by atoms with Crippen molar-refractivity contribution in [2.24, 2.45) is 17.6 Å². The molecule has 6 heteroatoms. The van der Waals surface area contributed by atoms with Crippen LogP contribution in [0.3, 0.4) is 0 Å². The monoisotopic (exact) mass is 332 g/mol. The third kappa shape index (κ3) is 4.13. The van der Waals surface area contributed by atoms with E-state index in [0.29, 0.717) is 24.2 Å². The van der Waals surface area contributed by atoms with Crippen LogP contribution in [0.5, 0.6) is 0 Å². The molecule has 0 unspecified atom stereocenters. The fourth-order valence-electron chi connectivity index (χ4n) is 2.78. The van der Waals surface area contributed by atoms with Crippen LogP contribution in [0.1, 0.15) is 48.4 Å². The molecule has 0 aromatic heterocycles. The molecule has 6 nitrogen and oxygen atoms in total. The number of amides is 2. The lowest BCUT2D eigenvalue weighted by Crippen LogP contribution is -2.33. The summed E-state index contributed by atoms with van der Waals surface area (Å²) in [5.74, 6) is -1.25. The van der Waals surface area contributed by atoms with E-state index < -0.39 is 11.5 Å². The summed E-state index contributed by atoms with van der Waals surface area (Å²) in [6.07, 6.45) is 0. The Labute approximate surface area is 142 Å². The van der Waals surface area contributed by atoms with Gasteiger partial charge in [0, 0.05) is 24.2 Å². The first-order valence-electron chi connectivity index (χ1n) is 8.00. The van der Waals surface area contributed by atoms with Crippen LogP contribution in [0.4, 0.5) is 0 Å². The SMILES string of the molecule is C[C@H]1CN(C(=O)c2ccc(C(N)=O)cc2)C[C@@H]1C(=O)OC(C)(C)C. The van der Waals surface area contributed by atoms with Crippen molar-refractivity contribution in [1.82, 2.24) is 4.90 Å². The maximum atomic E-state index is 12.6. The minimum Gasteiger partial charge on any atom is -0.460 e. The molecule has 0 spiro atoms. The van der Waals surface area contributed by atoms with E-state index in [9.17, 15) is 14.4 Å². The van der Waals surface area contributed by atoms with E-state index in [1.807, 2.05) is 27.7 Å². The normalized spacial score (nSPS) is 20.8. The number of ether oxygens (including phenoxy) is 1. The number of hydrogen-bond acceptors (Lipinski definition) is 4. The molecule has 2 N–H and O–H groups in total. The van der Waals surface area contributed by atoms with Gasteiger partial charge in [-0.05, 0) is 51.0 Å². The first kappa shape index (κ1) is 18.0. The third-order valence-corrected chi connectivity index (χ3v) is 4.03. The fourth-order valence-corrected chi connectivity index (χ4v) is 2.78. The molecule has 2 atom stereocenters. The molecule has 2 rings (SSSR count). The third-order valence-electron chi connectivity index (χ3n) is 4.03. The molecule has 1 aromatic carbocycles.